The van der Waals surface area contributed by atoms with Crippen molar-refractivity contribution < 1.29 is 13.2 Å². The van der Waals surface area contributed by atoms with E-state index in [1.807, 2.05) is 6.92 Å². The summed E-state index contributed by atoms with van der Waals surface area (Å²) in [6.45, 7) is 3.66. The van der Waals surface area contributed by atoms with E-state index in [2.05, 4.69) is 14.7 Å². The number of aryl methyl sites for hydroxylation is 2. The molecule has 0 unspecified atom stereocenters. The van der Waals surface area contributed by atoms with Crippen molar-refractivity contribution in [3.8, 4) is 11.6 Å². The summed E-state index contributed by atoms with van der Waals surface area (Å²) in [6.07, 6.45) is 3.02. The van der Waals surface area contributed by atoms with E-state index in [-0.39, 0.29) is 21.5 Å². The molecule has 0 spiro atoms. The fraction of sp³-hybridized carbons (Fsp3) is 0.111. The molecule has 2 aromatic heterocycles. The van der Waals surface area contributed by atoms with E-state index in [9.17, 15) is 8.42 Å². The number of hydrogen-bond acceptors (Lipinski definition) is 5. The first-order valence-corrected chi connectivity index (χ1v) is 9.56. The predicted octanol–water partition coefficient (Wildman–Crippen LogP) is 4.34. The van der Waals surface area contributed by atoms with Crippen LogP contribution in [-0.2, 0) is 10.0 Å². The lowest BCUT2D eigenvalue weighted by Gasteiger charge is -2.13. The van der Waals surface area contributed by atoms with Gasteiger partial charge in [0.05, 0.1) is 15.6 Å². The van der Waals surface area contributed by atoms with Crippen LogP contribution in [0.3, 0.4) is 0 Å². The molecular weight excluding hydrogens is 374 g/mol. The second kappa shape index (κ2) is 7.31. The average Bonchev–Trinajstić information content (AvgIpc) is 2.59. The van der Waals surface area contributed by atoms with Gasteiger partial charge in [-0.2, -0.15) is 0 Å². The Balaban J connectivity index is 1.95. The van der Waals surface area contributed by atoms with Crippen molar-refractivity contribution in [1.82, 2.24) is 9.97 Å². The number of hydrogen-bond donors (Lipinski definition) is 1. The molecule has 8 heteroatoms. The minimum absolute atomic E-state index is 0.0844. The van der Waals surface area contributed by atoms with Crippen LogP contribution < -0.4 is 9.46 Å². The SMILES string of the molecule is Cc1ccc(S(=O)(=O)Nc2cc(Cl)cnc2Oc2cccnc2C)cc1. The molecule has 134 valence electrons. The number of nitrogens with one attached hydrogen (secondary N) is 1. The van der Waals surface area contributed by atoms with Gasteiger partial charge in [0.2, 0.25) is 5.88 Å². The van der Waals surface area contributed by atoms with Crippen molar-refractivity contribution in [2.45, 2.75) is 18.7 Å². The summed E-state index contributed by atoms with van der Waals surface area (Å²) in [7, 11) is -3.82. The maximum atomic E-state index is 12.6. The zero-order valence-corrected chi connectivity index (χ0v) is 15.7. The number of nitrogens with zero attached hydrogens (tertiary/aromatic N) is 2. The van der Waals surface area contributed by atoms with Crippen molar-refractivity contribution in [2.75, 3.05) is 4.72 Å². The minimum Gasteiger partial charge on any atom is -0.435 e. The van der Waals surface area contributed by atoms with Crippen molar-refractivity contribution in [3.63, 3.8) is 0 Å². The van der Waals surface area contributed by atoms with Gasteiger partial charge in [0.25, 0.3) is 10.0 Å². The van der Waals surface area contributed by atoms with Crippen LogP contribution in [-0.4, -0.2) is 18.4 Å². The number of pyridine rings is 2. The van der Waals surface area contributed by atoms with Gasteiger partial charge in [0.1, 0.15) is 5.69 Å². The topological polar surface area (TPSA) is 81.2 Å². The molecule has 0 amide bonds. The molecule has 2 heterocycles. The molecule has 26 heavy (non-hydrogen) atoms. The molecule has 0 aliphatic heterocycles. The van der Waals surface area contributed by atoms with E-state index < -0.39 is 10.0 Å². The molecule has 0 saturated carbocycles. The van der Waals surface area contributed by atoms with E-state index in [4.69, 9.17) is 16.3 Å². The van der Waals surface area contributed by atoms with E-state index in [0.717, 1.165) is 5.56 Å². The minimum atomic E-state index is -3.82. The number of aromatic nitrogens is 2. The monoisotopic (exact) mass is 389 g/mol. The summed E-state index contributed by atoms with van der Waals surface area (Å²) in [5.41, 5.74) is 1.75. The van der Waals surface area contributed by atoms with Gasteiger partial charge >= 0.3 is 0 Å². The number of rotatable bonds is 5. The molecule has 3 rings (SSSR count). The van der Waals surface area contributed by atoms with Crippen LogP contribution >= 0.6 is 11.6 Å². The third kappa shape index (κ3) is 4.12. The fourth-order valence-corrected chi connectivity index (χ4v) is 3.39. The second-order valence-corrected chi connectivity index (χ2v) is 7.73. The Kier molecular flexibility index (Phi) is 5.11. The highest BCUT2D eigenvalue weighted by Gasteiger charge is 2.18. The van der Waals surface area contributed by atoms with Gasteiger partial charge in [0, 0.05) is 12.4 Å². The number of anilines is 1. The highest BCUT2D eigenvalue weighted by molar-refractivity contribution is 7.92. The second-order valence-electron chi connectivity index (χ2n) is 5.61. The van der Waals surface area contributed by atoms with Crippen LogP contribution in [0.25, 0.3) is 0 Å². The standard InChI is InChI=1S/C18H16ClN3O3S/c1-12-5-7-15(8-6-12)26(23,24)22-16-10-14(19)11-21-18(16)25-17-4-3-9-20-13(17)2/h3-11,22H,1-2H3. The third-order valence-electron chi connectivity index (χ3n) is 3.56. The largest absolute Gasteiger partial charge is 0.435 e. The lowest BCUT2D eigenvalue weighted by Crippen LogP contribution is -2.14. The maximum Gasteiger partial charge on any atom is 0.262 e. The van der Waals surface area contributed by atoms with E-state index in [1.165, 1.54) is 24.4 Å². The lowest BCUT2D eigenvalue weighted by atomic mass is 10.2. The highest BCUT2D eigenvalue weighted by atomic mass is 35.5. The summed E-state index contributed by atoms with van der Waals surface area (Å²) >= 11 is 5.98. The van der Waals surface area contributed by atoms with Gasteiger partial charge in [-0.25, -0.2) is 13.4 Å². The summed E-state index contributed by atoms with van der Waals surface area (Å²) < 4.78 is 33.5. The Labute approximate surface area is 156 Å². The molecule has 0 fully saturated rings. The molecule has 0 bridgehead atoms. The van der Waals surface area contributed by atoms with E-state index in [1.54, 1.807) is 37.4 Å². The highest BCUT2D eigenvalue weighted by Crippen LogP contribution is 2.32. The predicted molar refractivity (Wildman–Crippen MR) is 100 cm³/mol. The smallest absolute Gasteiger partial charge is 0.262 e. The molecular formula is C18H16ClN3O3S. The van der Waals surface area contributed by atoms with E-state index >= 15 is 0 Å². The lowest BCUT2D eigenvalue weighted by molar-refractivity contribution is 0.459. The van der Waals surface area contributed by atoms with Gasteiger partial charge in [-0.15, -0.1) is 0 Å². The quantitative estimate of drug-likeness (QED) is 0.701. The zero-order valence-electron chi connectivity index (χ0n) is 14.1. The summed E-state index contributed by atoms with van der Waals surface area (Å²) in [5, 5.41) is 0.280. The van der Waals surface area contributed by atoms with E-state index in [0.29, 0.717) is 11.4 Å². The maximum absolute atomic E-state index is 12.6. The molecule has 0 aliphatic carbocycles. The summed E-state index contributed by atoms with van der Waals surface area (Å²) in [5.74, 6) is 0.555. The van der Waals surface area contributed by atoms with Crippen molar-refractivity contribution in [3.05, 3.63) is 71.1 Å². The molecule has 1 aromatic carbocycles. The Morgan fingerprint density at radius 2 is 1.81 bits per heavy atom. The van der Waals surface area contributed by atoms with Crippen molar-refractivity contribution >= 4 is 27.3 Å². The van der Waals surface area contributed by atoms with Gasteiger partial charge in [-0.05, 0) is 44.2 Å². The number of ether oxygens (including phenoxy) is 1. The normalized spacial score (nSPS) is 11.2. The third-order valence-corrected chi connectivity index (χ3v) is 5.15. The van der Waals surface area contributed by atoms with Gasteiger partial charge in [0.15, 0.2) is 5.75 Å². The van der Waals surface area contributed by atoms with Crippen molar-refractivity contribution in [1.29, 1.82) is 0 Å². The Bertz CT molecular complexity index is 1040. The van der Waals surface area contributed by atoms with Crippen molar-refractivity contribution in [2.24, 2.45) is 0 Å². The molecule has 0 saturated heterocycles. The molecule has 3 aromatic rings. The average molecular weight is 390 g/mol. The van der Waals surface area contributed by atoms with Crippen LogP contribution in [0.2, 0.25) is 5.02 Å². The van der Waals surface area contributed by atoms with Crippen LogP contribution in [0.15, 0.2) is 59.8 Å². The van der Waals surface area contributed by atoms with Gasteiger partial charge in [-0.1, -0.05) is 29.3 Å². The number of benzene rings is 1. The molecule has 0 radical (unpaired) electrons. The first-order valence-electron chi connectivity index (χ1n) is 7.70. The molecule has 6 nitrogen and oxygen atoms in total. The first kappa shape index (κ1) is 18.2. The van der Waals surface area contributed by atoms with Crippen LogP contribution in [0.4, 0.5) is 5.69 Å². The molecule has 0 aliphatic rings. The fourth-order valence-electron chi connectivity index (χ4n) is 2.18. The zero-order chi connectivity index (χ0) is 18.7. The van der Waals surface area contributed by atoms with Gasteiger partial charge < -0.3 is 4.74 Å². The first-order chi connectivity index (χ1) is 12.3. The van der Waals surface area contributed by atoms with Crippen LogP contribution in [0.5, 0.6) is 11.6 Å². The Morgan fingerprint density at radius 3 is 2.50 bits per heavy atom. The van der Waals surface area contributed by atoms with Crippen LogP contribution in [0.1, 0.15) is 11.3 Å². The molecule has 0 atom stereocenters. The molecule has 1 N–H and O–H groups in total. The Hall–Kier alpha value is -2.64. The number of sulfonamides is 1. The van der Waals surface area contributed by atoms with Gasteiger partial charge in [-0.3, -0.25) is 9.71 Å². The summed E-state index contributed by atoms with van der Waals surface area (Å²) in [4.78, 5) is 8.36. The van der Waals surface area contributed by atoms with Crippen LogP contribution in [0, 0.1) is 13.8 Å². The number of halogens is 1. The summed E-state index contributed by atoms with van der Waals surface area (Å²) in [6, 6.07) is 11.4. The Morgan fingerprint density at radius 1 is 1.08 bits per heavy atom.